The Morgan fingerprint density at radius 3 is 2.81 bits per heavy atom. The lowest BCUT2D eigenvalue weighted by Gasteiger charge is -2.50. The van der Waals surface area contributed by atoms with Gasteiger partial charge in [0.25, 0.3) is 5.91 Å². The zero-order valence-corrected chi connectivity index (χ0v) is 13.4. The van der Waals surface area contributed by atoms with Crippen molar-refractivity contribution in [3.8, 4) is 0 Å². The molecule has 4 heteroatoms. The van der Waals surface area contributed by atoms with Crippen molar-refractivity contribution in [3.63, 3.8) is 0 Å². The van der Waals surface area contributed by atoms with Crippen LogP contribution >= 0.6 is 11.6 Å². The van der Waals surface area contributed by atoms with Gasteiger partial charge in [-0.2, -0.15) is 0 Å². The van der Waals surface area contributed by atoms with E-state index in [2.05, 4.69) is 10.2 Å². The first-order valence-electron chi connectivity index (χ1n) is 7.91. The van der Waals surface area contributed by atoms with Gasteiger partial charge >= 0.3 is 0 Å². The van der Waals surface area contributed by atoms with Gasteiger partial charge in [-0.3, -0.25) is 4.79 Å². The van der Waals surface area contributed by atoms with Crippen LogP contribution in [0.25, 0.3) is 0 Å². The van der Waals surface area contributed by atoms with Crippen LogP contribution in [-0.4, -0.2) is 36.0 Å². The summed E-state index contributed by atoms with van der Waals surface area (Å²) >= 11 is 6.09. The number of hydrogen-bond acceptors (Lipinski definition) is 2. The van der Waals surface area contributed by atoms with Crippen LogP contribution in [0, 0.1) is 6.92 Å². The van der Waals surface area contributed by atoms with Gasteiger partial charge < -0.3 is 10.2 Å². The second-order valence-corrected chi connectivity index (χ2v) is 6.81. The molecule has 1 spiro atoms. The first kappa shape index (κ1) is 14.9. The van der Waals surface area contributed by atoms with E-state index in [4.69, 9.17) is 11.6 Å². The maximum Gasteiger partial charge on any atom is 0.254 e. The number of piperazine rings is 1. The average molecular weight is 307 g/mol. The molecule has 1 amide bonds. The molecule has 1 aromatic carbocycles. The summed E-state index contributed by atoms with van der Waals surface area (Å²) in [5.41, 5.74) is 1.78. The van der Waals surface area contributed by atoms with Crippen molar-refractivity contribution in [3.05, 3.63) is 34.3 Å². The molecule has 1 heterocycles. The molecule has 2 aliphatic rings. The molecule has 1 aliphatic heterocycles. The van der Waals surface area contributed by atoms with Gasteiger partial charge in [0, 0.05) is 30.2 Å². The zero-order valence-electron chi connectivity index (χ0n) is 12.6. The number of carbonyl (C=O) groups is 1. The van der Waals surface area contributed by atoms with Crippen LogP contribution < -0.4 is 5.32 Å². The lowest BCUT2D eigenvalue weighted by molar-refractivity contribution is 0.0222. The second-order valence-electron chi connectivity index (χ2n) is 6.38. The summed E-state index contributed by atoms with van der Waals surface area (Å²) in [4.78, 5) is 15.2. The van der Waals surface area contributed by atoms with Gasteiger partial charge in [-0.25, -0.2) is 0 Å². The predicted molar refractivity (Wildman–Crippen MR) is 85.9 cm³/mol. The van der Waals surface area contributed by atoms with Crippen LogP contribution in [0.2, 0.25) is 5.02 Å². The van der Waals surface area contributed by atoms with Crippen LogP contribution in [-0.2, 0) is 0 Å². The number of amides is 1. The Balaban J connectivity index is 1.92. The molecule has 3 rings (SSSR count). The smallest absolute Gasteiger partial charge is 0.254 e. The molecule has 0 aromatic heterocycles. The summed E-state index contributed by atoms with van der Waals surface area (Å²) in [6.07, 6.45) is 5.97. The molecule has 1 aliphatic carbocycles. The van der Waals surface area contributed by atoms with Gasteiger partial charge in [-0.05, 0) is 37.5 Å². The molecule has 0 atom stereocenters. The van der Waals surface area contributed by atoms with E-state index in [-0.39, 0.29) is 11.4 Å². The minimum Gasteiger partial charge on any atom is -0.330 e. The number of nitrogens with one attached hydrogen (secondary N) is 1. The van der Waals surface area contributed by atoms with Gasteiger partial charge in [0.05, 0.1) is 5.54 Å². The highest BCUT2D eigenvalue weighted by Gasteiger charge is 2.42. The first-order valence-corrected chi connectivity index (χ1v) is 8.29. The predicted octanol–water partition coefficient (Wildman–Crippen LogP) is 3.40. The van der Waals surface area contributed by atoms with E-state index in [1.165, 1.54) is 19.3 Å². The van der Waals surface area contributed by atoms with Crippen molar-refractivity contribution < 1.29 is 4.79 Å². The molecule has 21 heavy (non-hydrogen) atoms. The van der Waals surface area contributed by atoms with E-state index in [0.717, 1.165) is 43.6 Å². The molecular weight excluding hydrogens is 284 g/mol. The topological polar surface area (TPSA) is 32.3 Å². The summed E-state index contributed by atoms with van der Waals surface area (Å²) < 4.78 is 0. The summed E-state index contributed by atoms with van der Waals surface area (Å²) in [7, 11) is 0. The molecule has 0 radical (unpaired) electrons. The SMILES string of the molecule is Cc1ccc(Cl)cc1C(=O)N1CCNCC12CCCCC2. The van der Waals surface area contributed by atoms with E-state index in [9.17, 15) is 4.79 Å². The van der Waals surface area contributed by atoms with Gasteiger partial charge in [-0.15, -0.1) is 0 Å². The van der Waals surface area contributed by atoms with E-state index in [0.29, 0.717) is 5.02 Å². The van der Waals surface area contributed by atoms with Crippen molar-refractivity contribution in [1.29, 1.82) is 0 Å². The molecule has 1 saturated carbocycles. The minimum atomic E-state index is 0.0162. The molecule has 2 fully saturated rings. The lowest BCUT2D eigenvalue weighted by Crippen LogP contribution is -2.63. The van der Waals surface area contributed by atoms with E-state index >= 15 is 0 Å². The van der Waals surface area contributed by atoms with Crippen molar-refractivity contribution >= 4 is 17.5 Å². The fourth-order valence-corrected chi connectivity index (χ4v) is 3.96. The largest absolute Gasteiger partial charge is 0.330 e. The van der Waals surface area contributed by atoms with Gasteiger partial charge in [0.1, 0.15) is 0 Å². The maximum atomic E-state index is 13.1. The zero-order chi connectivity index (χ0) is 14.9. The third-order valence-corrected chi connectivity index (χ3v) is 5.23. The van der Waals surface area contributed by atoms with Gasteiger partial charge in [0.15, 0.2) is 0 Å². The number of rotatable bonds is 1. The highest BCUT2D eigenvalue weighted by Crippen LogP contribution is 2.36. The van der Waals surface area contributed by atoms with Gasteiger partial charge in [0.2, 0.25) is 0 Å². The molecule has 114 valence electrons. The molecule has 1 saturated heterocycles. The number of nitrogens with zero attached hydrogens (tertiary/aromatic N) is 1. The van der Waals surface area contributed by atoms with Crippen LogP contribution in [0.15, 0.2) is 18.2 Å². The van der Waals surface area contributed by atoms with Crippen molar-refractivity contribution in [2.75, 3.05) is 19.6 Å². The van der Waals surface area contributed by atoms with Crippen LogP contribution in [0.4, 0.5) is 0 Å². The number of halogens is 1. The summed E-state index contributed by atoms with van der Waals surface area (Å²) in [5, 5.41) is 4.12. The molecule has 0 unspecified atom stereocenters. The Bertz CT molecular complexity index is 529. The Morgan fingerprint density at radius 2 is 2.05 bits per heavy atom. The quantitative estimate of drug-likeness (QED) is 0.862. The number of benzene rings is 1. The van der Waals surface area contributed by atoms with Crippen LogP contribution in [0.5, 0.6) is 0 Å². The van der Waals surface area contributed by atoms with Crippen molar-refractivity contribution in [2.24, 2.45) is 0 Å². The Hall–Kier alpha value is -1.06. The van der Waals surface area contributed by atoms with Crippen LogP contribution in [0.3, 0.4) is 0 Å². The Morgan fingerprint density at radius 1 is 1.29 bits per heavy atom. The molecule has 0 bridgehead atoms. The number of hydrogen-bond donors (Lipinski definition) is 1. The van der Waals surface area contributed by atoms with E-state index in [1.54, 1.807) is 0 Å². The lowest BCUT2D eigenvalue weighted by atomic mass is 9.78. The molecule has 1 N–H and O–H groups in total. The maximum absolute atomic E-state index is 13.1. The monoisotopic (exact) mass is 306 g/mol. The van der Waals surface area contributed by atoms with E-state index in [1.807, 2.05) is 25.1 Å². The summed E-state index contributed by atoms with van der Waals surface area (Å²) in [5.74, 6) is 0.151. The molecule has 1 aromatic rings. The Labute approximate surface area is 131 Å². The third kappa shape index (κ3) is 2.82. The highest BCUT2D eigenvalue weighted by atomic mass is 35.5. The van der Waals surface area contributed by atoms with E-state index < -0.39 is 0 Å². The second kappa shape index (κ2) is 5.98. The number of carbonyl (C=O) groups excluding carboxylic acids is 1. The third-order valence-electron chi connectivity index (χ3n) is 5.00. The number of aryl methyl sites for hydroxylation is 1. The van der Waals surface area contributed by atoms with Gasteiger partial charge in [-0.1, -0.05) is 36.9 Å². The fraction of sp³-hybridized carbons (Fsp3) is 0.588. The van der Waals surface area contributed by atoms with Crippen LogP contribution in [0.1, 0.15) is 48.0 Å². The average Bonchev–Trinajstić information content (AvgIpc) is 2.50. The molecular formula is C17H23ClN2O. The van der Waals surface area contributed by atoms with Crippen molar-refractivity contribution in [2.45, 2.75) is 44.6 Å². The summed E-state index contributed by atoms with van der Waals surface area (Å²) in [6, 6.07) is 5.60. The minimum absolute atomic E-state index is 0.0162. The first-order chi connectivity index (χ1) is 10.1. The standard InChI is InChI=1S/C17H23ClN2O/c1-13-5-6-14(18)11-15(13)16(21)20-10-9-19-12-17(20)7-3-2-4-8-17/h5-6,11,19H,2-4,7-10,12H2,1H3. The Kier molecular flexibility index (Phi) is 4.23. The normalized spacial score (nSPS) is 21.5. The summed E-state index contributed by atoms with van der Waals surface area (Å²) in [6.45, 7) is 4.59. The molecule has 3 nitrogen and oxygen atoms in total. The highest BCUT2D eigenvalue weighted by molar-refractivity contribution is 6.31. The fourth-order valence-electron chi connectivity index (χ4n) is 3.79. The van der Waals surface area contributed by atoms with Crippen molar-refractivity contribution in [1.82, 2.24) is 10.2 Å².